The summed E-state index contributed by atoms with van der Waals surface area (Å²) in [5.74, 6) is -4.41. The summed E-state index contributed by atoms with van der Waals surface area (Å²) in [4.78, 5) is 119. The lowest BCUT2D eigenvalue weighted by atomic mass is 9.97. The Hall–Kier alpha value is -6.69. The molecule has 0 saturated carbocycles. The van der Waals surface area contributed by atoms with Crippen LogP contribution in [0.5, 0.6) is 0 Å². The summed E-state index contributed by atoms with van der Waals surface area (Å²) in [7, 11) is 5.35. The second-order valence-corrected chi connectivity index (χ2v) is 21.7. The maximum atomic E-state index is 13.8. The van der Waals surface area contributed by atoms with Crippen LogP contribution in [-0.4, -0.2) is 290 Å². The molecular weight excluding hydrogens is 1140 g/mol. The van der Waals surface area contributed by atoms with Crippen LogP contribution in [0.25, 0.3) is 0 Å². The van der Waals surface area contributed by atoms with Gasteiger partial charge in [-0.15, -0.1) is 0 Å². The van der Waals surface area contributed by atoms with Crippen molar-refractivity contribution in [3.63, 3.8) is 0 Å². The van der Waals surface area contributed by atoms with E-state index in [1.807, 2.05) is 9.97 Å². The number of nitrogens with zero attached hydrogens (tertiary/aromatic N) is 6. The summed E-state index contributed by atoms with van der Waals surface area (Å²) in [6, 6.07) is -0.857. The van der Waals surface area contributed by atoms with Crippen molar-refractivity contribution in [1.82, 2.24) is 44.0 Å². The molecule has 472 valence electrons. The Morgan fingerprint density at radius 1 is 0.612 bits per heavy atom. The van der Waals surface area contributed by atoms with Crippen molar-refractivity contribution >= 4 is 29.8 Å². The Morgan fingerprint density at radius 3 is 1.35 bits per heavy atom. The van der Waals surface area contributed by atoms with Crippen LogP contribution in [0.4, 0.5) is 4.79 Å². The highest BCUT2D eigenvalue weighted by Gasteiger charge is 2.58. The Balaban J connectivity index is 0.000000247. The molecule has 0 aliphatic carbocycles. The first-order valence-corrected chi connectivity index (χ1v) is 26.3. The number of hydrogen-bond donors (Lipinski definition) is 14. The zero-order chi connectivity index (χ0) is 63.0. The number of ether oxygens (including phenoxy) is 7. The summed E-state index contributed by atoms with van der Waals surface area (Å²) in [6.07, 6.45) is -24.9. The molecule has 4 fully saturated rings. The zero-order valence-corrected chi connectivity index (χ0v) is 46.6. The second-order valence-electron chi connectivity index (χ2n) is 21.7. The first-order chi connectivity index (χ1) is 39.8. The molecule has 36 heteroatoms. The van der Waals surface area contributed by atoms with Crippen LogP contribution in [0.15, 0.2) is 67.3 Å². The number of nitrogens with two attached hydrogens (primary N) is 1. The number of aromatic nitrogens is 4. The second kappa shape index (κ2) is 26.5. The minimum atomic E-state index is -1.84. The number of aliphatic hydroxyl groups is 8. The average molecular weight is 1220 g/mol. The number of amides is 3. The van der Waals surface area contributed by atoms with Crippen molar-refractivity contribution in [2.45, 2.75) is 149 Å². The van der Waals surface area contributed by atoms with E-state index >= 15 is 0 Å². The summed E-state index contributed by atoms with van der Waals surface area (Å²) in [5.41, 5.74) is 0.718. The van der Waals surface area contributed by atoms with Crippen LogP contribution >= 0.6 is 0 Å². The van der Waals surface area contributed by atoms with Gasteiger partial charge in [-0.25, -0.2) is 24.0 Å². The zero-order valence-electron chi connectivity index (χ0n) is 46.6. The first-order valence-electron chi connectivity index (χ1n) is 26.3. The Labute approximate surface area is 479 Å². The highest BCUT2D eigenvalue weighted by Crippen LogP contribution is 2.38. The minimum Gasteiger partial charge on any atom is -0.477 e. The van der Waals surface area contributed by atoms with Crippen LogP contribution in [0.1, 0.15) is 33.2 Å². The van der Waals surface area contributed by atoms with Crippen LogP contribution in [0.3, 0.4) is 0 Å². The molecule has 15 N–H and O–H groups in total. The molecule has 0 radical (unpaired) electrons. The quantitative estimate of drug-likeness (QED) is 0.0787. The van der Waals surface area contributed by atoms with Crippen molar-refractivity contribution < 1.29 is 108 Å². The van der Waals surface area contributed by atoms with Gasteiger partial charge in [-0.3, -0.25) is 48.1 Å². The van der Waals surface area contributed by atoms with E-state index in [9.17, 15) is 94.2 Å². The SMILES string of the molecule is CN1C(=O)[C@H]([C@H](OC2OC(CN)C(O)C2O)C2OC(n3ccc(=O)[nH]c3=O)C(O)C2O)N(C)CC=C1C(=O)O.CN1C(=O)[C@H]([C@H](OC2OC(CNC(=O)OC(C)(C)C)C(O)C2O)C2OC(n3ccc(=O)[nH]c3=O)C(O)C2O)N(C)CC=C1C(=O)O. The number of aliphatic carboxylic acids is 2. The van der Waals surface area contributed by atoms with Crippen molar-refractivity contribution in [2.24, 2.45) is 5.73 Å². The number of likely N-dealkylation sites (N-methyl/N-ethyl adjacent to an activating group) is 4. The van der Waals surface area contributed by atoms with Gasteiger partial charge in [-0.1, -0.05) is 0 Å². The number of hydrogen-bond acceptors (Lipinski definition) is 27. The van der Waals surface area contributed by atoms with Crippen LogP contribution < -0.4 is 33.5 Å². The van der Waals surface area contributed by atoms with E-state index in [4.69, 9.17) is 38.9 Å². The molecule has 8 rings (SSSR count). The number of rotatable bonds is 15. The summed E-state index contributed by atoms with van der Waals surface area (Å²) in [6.45, 7) is 4.25. The molecule has 8 heterocycles. The van der Waals surface area contributed by atoms with Gasteiger partial charge in [-0.2, -0.15) is 0 Å². The van der Waals surface area contributed by atoms with Crippen molar-refractivity contribution in [2.75, 3.05) is 54.4 Å². The lowest BCUT2D eigenvalue weighted by Crippen LogP contribution is -2.59. The van der Waals surface area contributed by atoms with E-state index in [1.54, 1.807) is 20.8 Å². The van der Waals surface area contributed by atoms with Gasteiger partial charge >= 0.3 is 29.4 Å². The monoisotopic (exact) mass is 1210 g/mol. The maximum absolute atomic E-state index is 13.8. The van der Waals surface area contributed by atoms with Crippen molar-refractivity contribution in [3.8, 4) is 0 Å². The van der Waals surface area contributed by atoms with Gasteiger partial charge in [0, 0.05) is 64.8 Å². The number of nitrogens with one attached hydrogen (secondary N) is 3. The molecule has 0 spiro atoms. The molecule has 2 aromatic heterocycles. The Kier molecular flexibility index (Phi) is 20.5. The molecule has 6 aliphatic heterocycles. The molecule has 20 atom stereocenters. The van der Waals surface area contributed by atoms with Crippen LogP contribution in [0.2, 0.25) is 0 Å². The van der Waals surface area contributed by atoms with Gasteiger partial charge in [0.05, 0.1) is 0 Å². The van der Waals surface area contributed by atoms with E-state index < -0.39 is 181 Å². The number of carbonyl (C=O) groups excluding carboxylic acids is 3. The van der Waals surface area contributed by atoms with Crippen molar-refractivity contribution in [1.29, 1.82) is 0 Å². The molecule has 36 nitrogen and oxygen atoms in total. The molecule has 85 heavy (non-hydrogen) atoms. The van der Waals surface area contributed by atoms with E-state index in [0.717, 1.165) is 43.5 Å². The number of aliphatic hydroxyl groups excluding tert-OH is 8. The smallest absolute Gasteiger partial charge is 0.407 e. The predicted octanol–water partition coefficient (Wildman–Crippen LogP) is -9.06. The maximum Gasteiger partial charge on any atom is 0.407 e. The van der Waals surface area contributed by atoms with Gasteiger partial charge in [-0.05, 0) is 47.0 Å². The molecule has 0 bridgehead atoms. The van der Waals surface area contributed by atoms with Gasteiger partial charge in [0.2, 0.25) is 11.8 Å². The average Bonchev–Trinajstić information content (AvgIpc) is 2.37. The van der Waals surface area contributed by atoms with Gasteiger partial charge in [0.1, 0.15) is 115 Å². The van der Waals surface area contributed by atoms with Crippen LogP contribution in [-0.2, 0) is 52.3 Å². The molecule has 0 aromatic carbocycles. The van der Waals surface area contributed by atoms with E-state index in [1.165, 1.54) is 50.1 Å². The molecule has 2 aromatic rings. The van der Waals surface area contributed by atoms with Gasteiger partial charge < -0.3 is 105 Å². The number of H-pyrrole nitrogens is 2. The van der Waals surface area contributed by atoms with Gasteiger partial charge in [0.25, 0.3) is 11.1 Å². The molecule has 3 amide bonds. The normalized spacial score (nSPS) is 34.6. The highest BCUT2D eigenvalue weighted by atomic mass is 16.7. The number of carboxylic acid groups (broad SMARTS) is 2. The predicted molar refractivity (Wildman–Crippen MR) is 279 cm³/mol. The number of carboxylic acids is 2. The van der Waals surface area contributed by atoms with Crippen LogP contribution in [0, 0.1) is 0 Å². The number of alkyl carbamates (subject to hydrolysis) is 1. The molecular formula is C49H70N10O26. The number of aromatic amines is 2. The third kappa shape index (κ3) is 13.9. The van der Waals surface area contributed by atoms with E-state index in [0.29, 0.717) is 0 Å². The molecule has 6 aliphatic rings. The fourth-order valence-electron chi connectivity index (χ4n) is 10.3. The van der Waals surface area contributed by atoms with E-state index in [-0.39, 0.29) is 37.6 Å². The highest BCUT2D eigenvalue weighted by molar-refractivity contribution is 5.96. The Bertz CT molecular complexity index is 3090. The Morgan fingerprint density at radius 2 is 1.00 bits per heavy atom. The summed E-state index contributed by atoms with van der Waals surface area (Å²) in [5, 5.41) is 108. The third-order valence-corrected chi connectivity index (χ3v) is 14.8. The lowest BCUT2D eigenvalue weighted by Gasteiger charge is -2.38. The first kappa shape index (κ1) is 65.8. The van der Waals surface area contributed by atoms with Crippen molar-refractivity contribution in [3.05, 3.63) is 89.7 Å². The van der Waals surface area contributed by atoms with E-state index in [2.05, 4.69) is 5.32 Å². The standard InChI is InChI=1S/C27H39N5O14.C22H31N5O12/c1-27(2,3)46-26(42)28-10-12-15(34)18(37)24(43-12)45-19(14-21(38)31(5)11(23(39)40)6-8-30(14)4)20-16(35)17(36)22(44-20)32-9-7-13(33)29-25(32)41;1-25-5-3-8(20(34)35)26(2)18(33)11(25)16(39-21-15(32)12(29)9(7-23)37-21)17-13(30)14(31)19(38-17)27-6-4-10(28)24-22(27)36/h6-7,9,12,14-20,22,24,34-37H,8,10H2,1-5H3,(H,28,42)(H,39,40)(H,29,33,41);3-4,6,9,11-17,19,21,29-32H,5,7,23H2,1-2H3,(H,34,35)(H,24,28,36)/t12?,14-,15?,16?,17?,18?,19-,20?,22?,24?;9?,11-,12?,13?,14?,15?,16-,17?,19?,21?/m00/s1. The molecule has 16 unspecified atom stereocenters. The third-order valence-electron chi connectivity index (χ3n) is 14.8. The fourth-order valence-corrected chi connectivity index (χ4v) is 10.3. The number of carbonyl (C=O) groups is 5. The topological polar surface area (TPSA) is 513 Å². The molecule has 4 saturated heterocycles. The fraction of sp³-hybridized carbons (Fsp3) is 0.653. The summed E-state index contributed by atoms with van der Waals surface area (Å²) < 4.78 is 41.8. The lowest BCUT2D eigenvalue weighted by molar-refractivity contribution is -0.233. The van der Waals surface area contributed by atoms with Gasteiger partial charge in [0.15, 0.2) is 25.0 Å². The minimum absolute atomic E-state index is 0.0709. The summed E-state index contributed by atoms with van der Waals surface area (Å²) >= 11 is 0. The largest absolute Gasteiger partial charge is 0.477 e.